The lowest BCUT2D eigenvalue weighted by atomic mass is 9.98. The first-order valence-electron chi connectivity index (χ1n) is 9.74. The number of carbonyl (C=O) groups excluding carboxylic acids is 4. The summed E-state index contributed by atoms with van der Waals surface area (Å²) in [5, 5.41) is 5.40. The van der Waals surface area contributed by atoms with Crippen molar-refractivity contribution in [2.24, 2.45) is 0 Å². The van der Waals surface area contributed by atoms with E-state index in [1.165, 1.54) is 41.1 Å². The van der Waals surface area contributed by atoms with Crippen molar-refractivity contribution in [2.75, 3.05) is 25.5 Å². The number of halogens is 1. The highest BCUT2D eigenvalue weighted by molar-refractivity contribution is 6.07. The Kier molecular flexibility index (Phi) is 6.14. The van der Waals surface area contributed by atoms with Crippen LogP contribution in [0.3, 0.4) is 0 Å². The zero-order valence-electron chi connectivity index (χ0n) is 16.4. The van der Waals surface area contributed by atoms with Gasteiger partial charge in [0.05, 0.1) is 6.54 Å². The van der Waals surface area contributed by atoms with Crippen LogP contribution in [0.25, 0.3) is 0 Å². The number of carbonyl (C=O) groups is 4. The molecule has 29 heavy (non-hydrogen) atoms. The molecule has 1 aromatic carbocycles. The van der Waals surface area contributed by atoms with Gasteiger partial charge in [-0.1, -0.05) is 12.8 Å². The molecule has 2 N–H and O–H groups in total. The van der Waals surface area contributed by atoms with Crippen molar-refractivity contribution < 1.29 is 23.6 Å². The Morgan fingerprint density at radius 2 is 1.86 bits per heavy atom. The first kappa shape index (κ1) is 20.8. The Hall–Kier alpha value is -2.97. The second-order valence-corrected chi connectivity index (χ2v) is 7.58. The third-order valence-electron chi connectivity index (χ3n) is 5.41. The predicted octanol–water partition coefficient (Wildman–Crippen LogP) is 1.87. The van der Waals surface area contributed by atoms with Crippen LogP contribution in [0, 0.1) is 5.82 Å². The average Bonchev–Trinajstić information content (AvgIpc) is 3.23. The molecule has 156 valence electrons. The van der Waals surface area contributed by atoms with Crippen LogP contribution in [0.4, 0.5) is 14.9 Å². The van der Waals surface area contributed by atoms with E-state index in [9.17, 15) is 23.6 Å². The van der Waals surface area contributed by atoms with E-state index in [2.05, 4.69) is 10.6 Å². The van der Waals surface area contributed by atoms with E-state index in [0.717, 1.165) is 12.8 Å². The van der Waals surface area contributed by atoms with E-state index in [0.29, 0.717) is 24.9 Å². The fraction of sp³-hybridized carbons (Fsp3) is 0.500. The van der Waals surface area contributed by atoms with E-state index in [1.807, 2.05) is 0 Å². The average molecular weight is 404 g/mol. The highest BCUT2D eigenvalue weighted by Gasteiger charge is 2.52. The fourth-order valence-electron chi connectivity index (χ4n) is 3.81. The summed E-state index contributed by atoms with van der Waals surface area (Å²) in [4.78, 5) is 51.4. The molecule has 5 amide bonds. The van der Waals surface area contributed by atoms with E-state index in [4.69, 9.17) is 0 Å². The summed E-state index contributed by atoms with van der Waals surface area (Å²) < 4.78 is 12.9. The maximum Gasteiger partial charge on any atom is 0.325 e. The standard InChI is InChI=1S/C20H25FN4O4/c1-24(13-16(26)22-15-8-6-14(21)7-9-15)17(27)5-4-12-25-18(28)20(23-19(25)29)10-2-3-11-20/h6-9H,2-5,10-13H2,1H3,(H,22,26)(H,23,29). The number of imide groups is 1. The number of hydrogen-bond donors (Lipinski definition) is 2. The number of amides is 5. The lowest BCUT2D eigenvalue weighted by Crippen LogP contribution is -2.44. The van der Waals surface area contributed by atoms with E-state index >= 15 is 0 Å². The molecule has 1 saturated heterocycles. The summed E-state index contributed by atoms with van der Waals surface area (Å²) in [5.74, 6) is -1.26. The molecule has 0 atom stereocenters. The second-order valence-electron chi connectivity index (χ2n) is 7.58. The number of urea groups is 1. The first-order valence-corrected chi connectivity index (χ1v) is 9.74. The molecule has 0 unspecified atom stereocenters. The molecule has 1 spiro atoms. The minimum absolute atomic E-state index is 0.115. The third kappa shape index (κ3) is 4.72. The summed E-state index contributed by atoms with van der Waals surface area (Å²) in [6.07, 6.45) is 3.62. The monoisotopic (exact) mass is 404 g/mol. The highest BCUT2D eigenvalue weighted by atomic mass is 19.1. The maximum absolute atomic E-state index is 12.9. The number of benzene rings is 1. The Morgan fingerprint density at radius 3 is 2.52 bits per heavy atom. The number of nitrogens with one attached hydrogen (secondary N) is 2. The van der Waals surface area contributed by atoms with Crippen molar-refractivity contribution in [2.45, 2.75) is 44.1 Å². The summed E-state index contributed by atoms with van der Waals surface area (Å²) in [6, 6.07) is 4.94. The third-order valence-corrected chi connectivity index (χ3v) is 5.41. The van der Waals surface area contributed by atoms with Crippen molar-refractivity contribution in [1.29, 1.82) is 0 Å². The first-order chi connectivity index (χ1) is 13.8. The quantitative estimate of drug-likeness (QED) is 0.678. The lowest BCUT2D eigenvalue weighted by molar-refractivity contribution is -0.134. The van der Waals surface area contributed by atoms with Gasteiger partial charge < -0.3 is 15.5 Å². The second kappa shape index (κ2) is 8.59. The van der Waals surface area contributed by atoms with Crippen LogP contribution >= 0.6 is 0 Å². The summed E-state index contributed by atoms with van der Waals surface area (Å²) in [5.41, 5.74) is -0.298. The largest absolute Gasteiger partial charge is 0.336 e. The van der Waals surface area contributed by atoms with Crippen molar-refractivity contribution in [3.05, 3.63) is 30.1 Å². The Bertz CT molecular complexity index is 805. The van der Waals surface area contributed by atoms with Gasteiger partial charge in [0.1, 0.15) is 11.4 Å². The lowest BCUT2D eigenvalue weighted by Gasteiger charge is -2.20. The zero-order valence-corrected chi connectivity index (χ0v) is 16.4. The molecule has 2 fully saturated rings. The van der Waals surface area contributed by atoms with E-state index in [1.54, 1.807) is 0 Å². The van der Waals surface area contributed by atoms with Crippen LogP contribution in [0.5, 0.6) is 0 Å². The molecule has 1 heterocycles. The molecule has 0 bridgehead atoms. The molecule has 2 aliphatic rings. The minimum Gasteiger partial charge on any atom is -0.336 e. The van der Waals surface area contributed by atoms with Gasteiger partial charge >= 0.3 is 6.03 Å². The Labute approximate surface area is 168 Å². The van der Waals surface area contributed by atoms with Crippen LogP contribution in [-0.4, -0.2) is 59.2 Å². The van der Waals surface area contributed by atoms with Crippen molar-refractivity contribution in [3.8, 4) is 0 Å². The van der Waals surface area contributed by atoms with Gasteiger partial charge in [-0.2, -0.15) is 0 Å². The molecule has 1 aromatic rings. The van der Waals surface area contributed by atoms with Crippen LogP contribution in [-0.2, 0) is 14.4 Å². The van der Waals surface area contributed by atoms with Crippen LogP contribution < -0.4 is 10.6 Å². The van der Waals surface area contributed by atoms with Gasteiger partial charge in [-0.15, -0.1) is 0 Å². The number of hydrogen-bond acceptors (Lipinski definition) is 4. The van der Waals surface area contributed by atoms with Gasteiger partial charge in [-0.3, -0.25) is 19.3 Å². The van der Waals surface area contributed by atoms with Gasteiger partial charge in [-0.05, 0) is 43.5 Å². The molecule has 0 aromatic heterocycles. The van der Waals surface area contributed by atoms with Gasteiger partial charge in [0.25, 0.3) is 5.91 Å². The Morgan fingerprint density at radius 1 is 1.21 bits per heavy atom. The SMILES string of the molecule is CN(CC(=O)Nc1ccc(F)cc1)C(=O)CCCN1C(=O)NC2(CCCC2)C1=O. The van der Waals surface area contributed by atoms with Gasteiger partial charge in [-0.25, -0.2) is 9.18 Å². The molecule has 8 nitrogen and oxygen atoms in total. The van der Waals surface area contributed by atoms with Crippen LogP contribution in [0.1, 0.15) is 38.5 Å². The molecule has 1 aliphatic heterocycles. The molecule has 3 rings (SSSR count). The summed E-state index contributed by atoms with van der Waals surface area (Å²) in [7, 11) is 1.51. The summed E-state index contributed by atoms with van der Waals surface area (Å²) >= 11 is 0. The number of rotatable bonds is 7. The molecule has 0 radical (unpaired) electrons. The zero-order chi connectivity index (χ0) is 21.0. The van der Waals surface area contributed by atoms with Crippen molar-refractivity contribution in [3.63, 3.8) is 0 Å². The fourth-order valence-corrected chi connectivity index (χ4v) is 3.81. The van der Waals surface area contributed by atoms with E-state index < -0.39 is 23.3 Å². The topological polar surface area (TPSA) is 98.8 Å². The molecular formula is C20H25FN4O4. The number of nitrogens with zero attached hydrogens (tertiary/aromatic N) is 2. The molecule has 1 saturated carbocycles. The number of likely N-dealkylation sites (N-methyl/N-ethyl adjacent to an activating group) is 1. The molecule has 9 heteroatoms. The Balaban J connectivity index is 1.42. The summed E-state index contributed by atoms with van der Waals surface area (Å²) in [6.45, 7) is 0.0240. The van der Waals surface area contributed by atoms with Crippen molar-refractivity contribution in [1.82, 2.24) is 15.1 Å². The van der Waals surface area contributed by atoms with Crippen LogP contribution in [0.2, 0.25) is 0 Å². The maximum atomic E-state index is 12.9. The van der Waals surface area contributed by atoms with Gasteiger partial charge in [0.2, 0.25) is 11.8 Å². The predicted molar refractivity (Wildman–Crippen MR) is 103 cm³/mol. The van der Waals surface area contributed by atoms with E-state index in [-0.39, 0.29) is 31.3 Å². The highest BCUT2D eigenvalue weighted by Crippen LogP contribution is 2.35. The van der Waals surface area contributed by atoms with Crippen LogP contribution in [0.15, 0.2) is 24.3 Å². The smallest absolute Gasteiger partial charge is 0.325 e. The minimum atomic E-state index is -0.740. The molecular weight excluding hydrogens is 379 g/mol. The van der Waals surface area contributed by atoms with Gasteiger partial charge in [0, 0.05) is 25.7 Å². The van der Waals surface area contributed by atoms with Crippen molar-refractivity contribution >= 4 is 29.4 Å². The molecule has 1 aliphatic carbocycles. The van der Waals surface area contributed by atoms with Gasteiger partial charge in [0.15, 0.2) is 0 Å². The normalized spacial score (nSPS) is 17.5. The number of anilines is 1.